The van der Waals surface area contributed by atoms with Gasteiger partial charge in [-0.2, -0.15) is 0 Å². The summed E-state index contributed by atoms with van der Waals surface area (Å²) in [7, 11) is 0. The van der Waals surface area contributed by atoms with Crippen LogP contribution in [0.5, 0.6) is 0 Å². The molecule has 1 aliphatic heterocycles. The number of aliphatic imine (C=N–C) groups is 1. The Bertz CT molecular complexity index is 662. The fourth-order valence-corrected chi connectivity index (χ4v) is 2.26. The number of benzene rings is 2. The molecule has 0 saturated heterocycles. The molecule has 0 atom stereocenters. The first kappa shape index (κ1) is 12.0. The molecule has 19 heavy (non-hydrogen) atoms. The van der Waals surface area contributed by atoms with Gasteiger partial charge in [0.1, 0.15) is 5.82 Å². The fourth-order valence-electron chi connectivity index (χ4n) is 2.02. The monoisotopic (exact) mass is 270 g/mol. The van der Waals surface area contributed by atoms with E-state index < -0.39 is 0 Å². The van der Waals surface area contributed by atoms with Crippen molar-refractivity contribution in [2.24, 2.45) is 4.99 Å². The number of nitrogens with zero attached hydrogens (tertiary/aromatic N) is 1. The van der Waals surface area contributed by atoms with Crippen LogP contribution in [0.25, 0.3) is 0 Å². The Kier molecular flexibility index (Phi) is 3.09. The fraction of sp³-hybridized carbons (Fsp3) is 0.0667. The molecule has 1 N–H and O–H groups in total. The Hall–Kier alpha value is -2.07. The lowest BCUT2D eigenvalue weighted by atomic mass is 10.1. The van der Waals surface area contributed by atoms with Gasteiger partial charge in [-0.15, -0.1) is 0 Å². The highest BCUT2D eigenvalue weighted by molar-refractivity contribution is 7.80. The number of fused-ring (bicyclic) bond motifs is 1. The van der Waals surface area contributed by atoms with Crippen LogP contribution >= 0.6 is 12.2 Å². The number of anilines is 1. The molecule has 0 radical (unpaired) electrons. The molecular formula is C15H11FN2S. The van der Waals surface area contributed by atoms with Gasteiger partial charge < -0.3 is 5.32 Å². The number of hydrogen-bond donors (Lipinski definition) is 1. The number of halogens is 1. The number of hydrogen-bond acceptors (Lipinski definition) is 2. The highest BCUT2D eigenvalue weighted by atomic mass is 32.1. The molecule has 1 aliphatic rings. The van der Waals surface area contributed by atoms with Crippen LogP contribution in [0.4, 0.5) is 15.8 Å². The molecule has 0 spiro atoms. The van der Waals surface area contributed by atoms with Crippen LogP contribution in [-0.2, 0) is 0 Å². The summed E-state index contributed by atoms with van der Waals surface area (Å²) in [6, 6.07) is 14.1. The zero-order valence-corrected chi connectivity index (χ0v) is 10.9. The summed E-state index contributed by atoms with van der Waals surface area (Å²) in [5, 5.41) is 3.18. The van der Waals surface area contributed by atoms with Gasteiger partial charge in [-0.1, -0.05) is 36.5 Å². The zero-order valence-electron chi connectivity index (χ0n) is 10.1. The summed E-state index contributed by atoms with van der Waals surface area (Å²) in [6.45, 7) is 0. The number of thiocarbonyl (C=S) groups is 1. The molecule has 0 saturated carbocycles. The van der Waals surface area contributed by atoms with E-state index in [9.17, 15) is 4.39 Å². The van der Waals surface area contributed by atoms with E-state index in [0.717, 1.165) is 22.6 Å². The van der Waals surface area contributed by atoms with Crippen molar-refractivity contribution in [1.82, 2.24) is 0 Å². The third-order valence-electron chi connectivity index (χ3n) is 2.94. The molecule has 0 bridgehead atoms. The van der Waals surface area contributed by atoms with Gasteiger partial charge in [0, 0.05) is 6.42 Å². The first-order valence-electron chi connectivity index (χ1n) is 5.95. The highest BCUT2D eigenvalue weighted by Gasteiger charge is 2.14. The van der Waals surface area contributed by atoms with E-state index in [-0.39, 0.29) is 5.82 Å². The van der Waals surface area contributed by atoms with Crippen LogP contribution in [0, 0.1) is 5.82 Å². The van der Waals surface area contributed by atoms with Crippen LogP contribution in [-0.4, -0.2) is 10.7 Å². The molecule has 0 fully saturated rings. The first-order chi connectivity index (χ1) is 9.22. The van der Waals surface area contributed by atoms with Crippen LogP contribution in [0.3, 0.4) is 0 Å². The number of para-hydroxylation sites is 2. The molecule has 4 heteroatoms. The van der Waals surface area contributed by atoms with E-state index in [2.05, 4.69) is 10.3 Å². The molecule has 1 heterocycles. The molecule has 0 unspecified atom stereocenters. The largest absolute Gasteiger partial charge is 0.348 e. The molecule has 0 aliphatic carbocycles. The zero-order chi connectivity index (χ0) is 13.2. The minimum absolute atomic E-state index is 0.251. The van der Waals surface area contributed by atoms with Crippen molar-refractivity contribution in [1.29, 1.82) is 0 Å². The predicted molar refractivity (Wildman–Crippen MR) is 79.9 cm³/mol. The summed E-state index contributed by atoms with van der Waals surface area (Å²) in [5.41, 5.74) is 3.50. The number of nitrogens with one attached hydrogen (secondary N) is 1. The van der Waals surface area contributed by atoms with E-state index in [1.165, 1.54) is 12.1 Å². The Morgan fingerprint density at radius 2 is 1.79 bits per heavy atom. The molecule has 0 amide bonds. The molecule has 2 nitrogen and oxygen atoms in total. The lowest BCUT2D eigenvalue weighted by Gasteiger charge is -2.05. The van der Waals surface area contributed by atoms with Gasteiger partial charge in [-0.05, 0) is 29.8 Å². The minimum Gasteiger partial charge on any atom is -0.348 e. The molecule has 0 aromatic heterocycles. The lowest BCUT2D eigenvalue weighted by molar-refractivity contribution is 0.628. The second-order valence-corrected chi connectivity index (χ2v) is 4.80. The van der Waals surface area contributed by atoms with E-state index in [4.69, 9.17) is 12.2 Å². The Labute approximate surface area is 116 Å². The average Bonchev–Trinajstić information content (AvgIpc) is 2.57. The second kappa shape index (κ2) is 4.90. The van der Waals surface area contributed by atoms with Gasteiger partial charge in [-0.25, -0.2) is 4.39 Å². The maximum atomic E-state index is 13.0. The topological polar surface area (TPSA) is 24.4 Å². The van der Waals surface area contributed by atoms with Crippen molar-refractivity contribution in [2.75, 3.05) is 5.32 Å². The second-order valence-electron chi connectivity index (χ2n) is 4.31. The van der Waals surface area contributed by atoms with E-state index >= 15 is 0 Å². The quantitative estimate of drug-likeness (QED) is 0.789. The summed E-state index contributed by atoms with van der Waals surface area (Å²) in [5.74, 6) is -0.251. The van der Waals surface area contributed by atoms with Crippen molar-refractivity contribution < 1.29 is 4.39 Å². The maximum Gasteiger partial charge on any atom is 0.123 e. The number of rotatable bonds is 1. The van der Waals surface area contributed by atoms with E-state index in [1.54, 1.807) is 12.1 Å². The summed E-state index contributed by atoms with van der Waals surface area (Å²) in [4.78, 5) is 5.35. The van der Waals surface area contributed by atoms with E-state index in [0.29, 0.717) is 11.4 Å². The van der Waals surface area contributed by atoms with Crippen molar-refractivity contribution in [3.05, 3.63) is 59.9 Å². The van der Waals surface area contributed by atoms with Crippen LogP contribution < -0.4 is 5.32 Å². The molecule has 2 aromatic rings. The highest BCUT2D eigenvalue weighted by Crippen LogP contribution is 2.28. The molecule has 3 rings (SSSR count). The van der Waals surface area contributed by atoms with E-state index in [1.807, 2.05) is 24.3 Å². The van der Waals surface area contributed by atoms with Gasteiger partial charge in [0.15, 0.2) is 0 Å². The summed E-state index contributed by atoms with van der Waals surface area (Å²) in [6.07, 6.45) is 0.551. The van der Waals surface area contributed by atoms with Gasteiger partial charge in [0.05, 0.1) is 22.1 Å². The predicted octanol–water partition coefficient (Wildman–Crippen LogP) is 4.09. The lowest BCUT2D eigenvalue weighted by Crippen LogP contribution is -2.12. The van der Waals surface area contributed by atoms with Crippen LogP contribution in [0.1, 0.15) is 12.0 Å². The van der Waals surface area contributed by atoms with Crippen LogP contribution in [0.2, 0.25) is 0 Å². The van der Waals surface area contributed by atoms with Gasteiger partial charge >= 0.3 is 0 Å². The SMILES string of the molecule is Fc1ccc(C2=Nc3ccccc3NC(=S)C2)cc1. The van der Waals surface area contributed by atoms with Gasteiger partial charge in [0.2, 0.25) is 0 Å². The van der Waals surface area contributed by atoms with Gasteiger partial charge in [-0.3, -0.25) is 4.99 Å². The standard InChI is InChI=1S/C15H11FN2S/c16-11-7-5-10(6-8-11)14-9-15(19)18-13-4-2-1-3-12(13)17-14/h1-8H,9H2,(H,18,19). The Balaban J connectivity index is 2.08. The summed E-state index contributed by atoms with van der Waals surface area (Å²) < 4.78 is 13.0. The van der Waals surface area contributed by atoms with Gasteiger partial charge in [0.25, 0.3) is 0 Å². The molecule has 2 aromatic carbocycles. The Morgan fingerprint density at radius 3 is 2.58 bits per heavy atom. The van der Waals surface area contributed by atoms with Crippen molar-refractivity contribution in [3.8, 4) is 0 Å². The van der Waals surface area contributed by atoms with Crippen molar-refractivity contribution in [3.63, 3.8) is 0 Å². The average molecular weight is 270 g/mol. The third-order valence-corrected chi connectivity index (χ3v) is 3.19. The third kappa shape index (κ3) is 2.53. The smallest absolute Gasteiger partial charge is 0.123 e. The maximum absolute atomic E-state index is 13.0. The van der Waals surface area contributed by atoms with Crippen molar-refractivity contribution in [2.45, 2.75) is 6.42 Å². The minimum atomic E-state index is -0.251. The van der Waals surface area contributed by atoms with Crippen LogP contribution in [0.15, 0.2) is 53.5 Å². The normalized spacial score (nSPS) is 14.2. The molecule has 94 valence electrons. The Morgan fingerprint density at radius 1 is 1.05 bits per heavy atom. The summed E-state index contributed by atoms with van der Waals surface area (Å²) >= 11 is 5.31. The molecular weight excluding hydrogens is 259 g/mol. The van der Waals surface area contributed by atoms with Crippen molar-refractivity contribution >= 4 is 34.3 Å². The first-order valence-corrected chi connectivity index (χ1v) is 6.35.